The summed E-state index contributed by atoms with van der Waals surface area (Å²) in [4.78, 5) is 27.2. The van der Waals surface area contributed by atoms with Crippen molar-refractivity contribution in [3.05, 3.63) is 46.8 Å². The molecular formula is C18H20N2O4S. The van der Waals surface area contributed by atoms with Gasteiger partial charge in [0.2, 0.25) is 5.91 Å². The van der Waals surface area contributed by atoms with Gasteiger partial charge in [-0.25, -0.2) is 4.98 Å². The lowest BCUT2D eigenvalue weighted by atomic mass is 10.2. The Morgan fingerprint density at radius 3 is 2.64 bits per heavy atom. The molecule has 0 radical (unpaired) electrons. The number of aromatic nitrogens is 1. The Bertz CT molecular complexity index is 753. The molecule has 1 N–H and O–H groups in total. The molecule has 0 spiro atoms. The first-order valence-corrected chi connectivity index (χ1v) is 8.55. The smallest absolute Gasteiger partial charge is 0.302 e. The summed E-state index contributed by atoms with van der Waals surface area (Å²) in [5.41, 5.74) is 2.21. The summed E-state index contributed by atoms with van der Waals surface area (Å²) in [5.74, 6) is 0.147. The van der Waals surface area contributed by atoms with Crippen LogP contribution in [0.4, 0.5) is 0 Å². The van der Waals surface area contributed by atoms with Gasteiger partial charge in [0.25, 0.3) is 0 Å². The van der Waals surface area contributed by atoms with Gasteiger partial charge in [-0.15, -0.1) is 11.3 Å². The molecule has 0 unspecified atom stereocenters. The van der Waals surface area contributed by atoms with Gasteiger partial charge in [0.05, 0.1) is 26.0 Å². The molecule has 0 aliphatic rings. The van der Waals surface area contributed by atoms with Crippen LogP contribution in [-0.4, -0.2) is 30.6 Å². The first kappa shape index (κ1) is 18.7. The van der Waals surface area contributed by atoms with Crippen molar-refractivity contribution in [3.8, 4) is 17.0 Å². The number of nitrogens with one attached hydrogen (secondary N) is 1. The van der Waals surface area contributed by atoms with Gasteiger partial charge in [-0.05, 0) is 24.3 Å². The van der Waals surface area contributed by atoms with E-state index in [0.717, 1.165) is 22.0 Å². The van der Waals surface area contributed by atoms with Gasteiger partial charge < -0.3 is 14.8 Å². The Morgan fingerprint density at radius 2 is 2.00 bits per heavy atom. The number of methoxy groups -OCH3 is 1. The van der Waals surface area contributed by atoms with Gasteiger partial charge >= 0.3 is 5.97 Å². The average molecular weight is 360 g/mol. The minimum Gasteiger partial charge on any atom is -0.497 e. The van der Waals surface area contributed by atoms with Gasteiger partial charge in [-0.2, -0.15) is 0 Å². The van der Waals surface area contributed by atoms with Crippen LogP contribution in [0.15, 0.2) is 41.8 Å². The van der Waals surface area contributed by atoms with Crippen molar-refractivity contribution in [3.63, 3.8) is 0 Å². The molecule has 25 heavy (non-hydrogen) atoms. The van der Waals surface area contributed by atoms with E-state index in [-0.39, 0.29) is 18.5 Å². The molecule has 1 heterocycles. The Morgan fingerprint density at radius 1 is 1.28 bits per heavy atom. The number of carbonyl (C=O) groups is 2. The molecule has 6 nitrogen and oxygen atoms in total. The third-order valence-corrected chi connectivity index (χ3v) is 4.22. The number of esters is 1. The maximum atomic E-state index is 12.0. The number of hydrogen-bond donors (Lipinski definition) is 1. The van der Waals surface area contributed by atoms with E-state index in [1.165, 1.54) is 18.3 Å². The topological polar surface area (TPSA) is 77.5 Å². The van der Waals surface area contributed by atoms with E-state index in [1.807, 2.05) is 29.6 Å². The summed E-state index contributed by atoms with van der Waals surface area (Å²) >= 11 is 1.47. The van der Waals surface area contributed by atoms with E-state index in [9.17, 15) is 9.59 Å². The van der Waals surface area contributed by atoms with Crippen LogP contribution < -0.4 is 10.1 Å². The van der Waals surface area contributed by atoms with Crippen molar-refractivity contribution in [2.24, 2.45) is 0 Å². The Labute approximate surface area is 150 Å². The summed E-state index contributed by atoms with van der Waals surface area (Å²) in [6.45, 7) is 5.50. The summed E-state index contributed by atoms with van der Waals surface area (Å²) in [7, 11) is 1.62. The molecule has 0 saturated heterocycles. The number of thiazole rings is 1. The van der Waals surface area contributed by atoms with Gasteiger partial charge in [0.15, 0.2) is 0 Å². The molecule has 0 fully saturated rings. The molecule has 0 aliphatic heterocycles. The first-order valence-electron chi connectivity index (χ1n) is 7.67. The normalized spacial score (nSPS) is 10.2. The molecule has 7 heteroatoms. The predicted octanol–water partition coefficient (Wildman–Crippen LogP) is 2.94. The summed E-state index contributed by atoms with van der Waals surface area (Å²) in [6, 6.07) is 7.63. The molecule has 0 aliphatic carbocycles. The number of carbonyl (C=O) groups excluding carboxylic acids is 2. The average Bonchev–Trinajstić information content (AvgIpc) is 3.08. The maximum Gasteiger partial charge on any atom is 0.302 e. The summed E-state index contributed by atoms with van der Waals surface area (Å²) in [6.07, 6.45) is 0.306. The van der Waals surface area contributed by atoms with Gasteiger partial charge in [0, 0.05) is 29.9 Å². The van der Waals surface area contributed by atoms with Crippen molar-refractivity contribution in [1.29, 1.82) is 0 Å². The fourth-order valence-corrected chi connectivity index (χ4v) is 2.74. The zero-order valence-electron chi connectivity index (χ0n) is 14.2. The van der Waals surface area contributed by atoms with E-state index in [4.69, 9.17) is 9.47 Å². The third-order valence-electron chi connectivity index (χ3n) is 3.37. The van der Waals surface area contributed by atoms with E-state index >= 15 is 0 Å². The summed E-state index contributed by atoms with van der Waals surface area (Å²) < 4.78 is 9.93. The largest absolute Gasteiger partial charge is 0.497 e. The van der Waals surface area contributed by atoms with Crippen LogP contribution in [0.1, 0.15) is 18.4 Å². The highest BCUT2D eigenvalue weighted by Gasteiger charge is 2.10. The standard InChI is InChI=1S/C18H20N2O4S/c1-12(8-9-24-13(2)21)18(22)19-10-17-20-16(11-25-17)14-4-6-15(23-3)7-5-14/h4-7,11H,1,8-10H2,2-3H3,(H,19,22). The Hall–Kier alpha value is -2.67. The zero-order valence-corrected chi connectivity index (χ0v) is 15.0. The lowest BCUT2D eigenvalue weighted by molar-refractivity contribution is -0.141. The summed E-state index contributed by atoms with van der Waals surface area (Å²) in [5, 5.41) is 5.51. The van der Waals surface area contributed by atoms with Crippen molar-refractivity contribution in [1.82, 2.24) is 10.3 Å². The second-order valence-corrected chi connectivity index (χ2v) is 6.17. The lowest BCUT2D eigenvalue weighted by Gasteiger charge is -2.06. The number of ether oxygens (including phenoxy) is 2. The predicted molar refractivity (Wildman–Crippen MR) is 96.3 cm³/mol. The highest BCUT2D eigenvalue weighted by atomic mass is 32.1. The molecule has 1 aromatic carbocycles. The Kier molecular flexibility index (Phi) is 6.71. The molecule has 0 bridgehead atoms. The van der Waals surface area contributed by atoms with Crippen LogP contribution in [0.5, 0.6) is 5.75 Å². The minimum atomic E-state index is -0.373. The monoisotopic (exact) mass is 360 g/mol. The molecule has 132 valence electrons. The second-order valence-electron chi connectivity index (χ2n) is 5.23. The molecule has 0 atom stereocenters. The third kappa shape index (κ3) is 5.72. The van der Waals surface area contributed by atoms with Crippen molar-refractivity contribution < 1.29 is 19.1 Å². The number of rotatable bonds is 8. The minimum absolute atomic E-state index is 0.153. The molecular weight excluding hydrogens is 340 g/mol. The quantitative estimate of drug-likeness (QED) is 0.578. The van der Waals surface area contributed by atoms with Crippen LogP contribution in [0, 0.1) is 0 Å². The number of nitrogens with zero attached hydrogens (tertiary/aromatic N) is 1. The lowest BCUT2D eigenvalue weighted by Crippen LogP contribution is -2.24. The van der Waals surface area contributed by atoms with Crippen LogP contribution in [0.2, 0.25) is 0 Å². The SMILES string of the molecule is C=C(CCOC(C)=O)C(=O)NCc1nc(-c2ccc(OC)cc2)cs1. The molecule has 1 amide bonds. The van der Waals surface area contributed by atoms with Crippen molar-refractivity contribution in [2.45, 2.75) is 19.9 Å². The fourth-order valence-electron chi connectivity index (χ4n) is 2.00. The van der Waals surface area contributed by atoms with Gasteiger partial charge in [-0.3, -0.25) is 9.59 Å². The zero-order chi connectivity index (χ0) is 18.2. The first-order chi connectivity index (χ1) is 12.0. The Balaban J connectivity index is 1.85. The second kappa shape index (κ2) is 8.98. The number of hydrogen-bond acceptors (Lipinski definition) is 6. The maximum absolute atomic E-state index is 12.0. The highest BCUT2D eigenvalue weighted by Crippen LogP contribution is 2.24. The van der Waals surface area contributed by atoms with Crippen molar-refractivity contribution in [2.75, 3.05) is 13.7 Å². The van der Waals surface area contributed by atoms with Gasteiger partial charge in [0.1, 0.15) is 10.8 Å². The van der Waals surface area contributed by atoms with Crippen LogP contribution in [0.25, 0.3) is 11.3 Å². The molecule has 1 aromatic heterocycles. The number of benzene rings is 1. The van der Waals surface area contributed by atoms with E-state index < -0.39 is 0 Å². The molecule has 2 aromatic rings. The van der Waals surface area contributed by atoms with Crippen LogP contribution >= 0.6 is 11.3 Å². The molecule has 2 rings (SSSR count). The van der Waals surface area contributed by atoms with E-state index in [1.54, 1.807) is 7.11 Å². The van der Waals surface area contributed by atoms with Crippen LogP contribution in [-0.2, 0) is 20.9 Å². The van der Waals surface area contributed by atoms with E-state index in [2.05, 4.69) is 16.9 Å². The van der Waals surface area contributed by atoms with Gasteiger partial charge in [-0.1, -0.05) is 6.58 Å². The van der Waals surface area contributed by atoms with E-state index in [0.29, 0.717) is 18.5 Å². The van der Waals surface area contributed by atoms with Crippen LogP contribution in [0.3, 0.4) is 0 Å². The fraction of sp³-hybridized carbons (Fsp3) is 0.278. The highest BCUT2D eigenvalue weighted by molar-refractivity contribution is 7.09. The molecule has 0 saturated carbocycles. The number of amides is 1. The van der Waals surface area contributed by atoms with Crippen molar-refractivity contribution >= 4 is 23.2 Å².